The van der Waals surface area contributed by atoms with E-state index < -0.39 is 30.2 Å². The number of nitrogens with zero attached hydrogens (tertiary/aromatic N) is 1. The Bertz CT molecular complexity index is 1020. The number of carbonyl (C=O) groups is 3. The Balaban J connectivity index is 1.44. The highest BCUT2D eigenvalue weighted by molar-refractivity contribution is 5.92. The van der Waals surface area contributed by atoms with Crippen LogP contribution < -0.4 is 10.1 Å². The van der Waals surface area contributed by atoms with Gasteiger partial charge in [0, 0.05) is 18.8 Å². The van der Waals surface area contributed by atoms with Gasteiger partial charge in [0.15, 0.2) is 13.2 Å². The smallest absolute Gasteiger partial charge is 0.416 e. The molecule has 0 spiro atoms. The van der Waals surface area contributed by atoms with Crippen molar-refractivity contribution in [2.45, 2.75) is 25.9 Å². The average molecular weight is 478 g/mol. The lowest BCUT2D eigenvalue weighted by Crippen LogP contribution is -2.41. The van der Waals surface area contributed by atoms with Crippen LogP contribution in [0.5, 0.6) is 5.75 Å². The van der Waals surface area contributed by atoms with Gasteiger partial charge in [-0.05, 0) is 61.2 Å². The largest absolute Gasteiger partial charge is 0.484 e. The highest BCUT2D eigenvalue weighted by atomic mass is 19.4. The molecule has 1 fully saturated rings. The fourth-order valence-corrected chi connectivity index (χ4v) is 3.52. The zero-order chi connectivity index (χ0) is 24.7. The van der Waals surface area contributed by atoms with Gasteiger partial charge < -0.3 is 19.7 Å². The molecule has 1 atom stereocenters. The number of nitrogens with one attached hydrogen (secondary N) is 1. The minimum atomic E-state index is -4.51. The third-order valence-corrected chi connectivity index (χ3v) is 5.27. The fraction of sp³-hybridized carbons (Fsp3) is 0.375. The predicted molar refractivity (Wildman–Crippen MR) is 117 cm³/mol. The molecule has 1 N–H and O–H groups in total. The summed E-state index contributed by atoms with van der Waals surface area (Å²) in [6, 6.07) is 10.0. The third-order valence-electron chi connectivity index (χ3n) is 5.27. The van der Waals surface area contributed by atoms with E-state index in [9.17, 15) is 27.6 Å². The van der Waals surface area contributed by atoms with E-state index >= 15 is 0 Å². The van der Waals surface area contributed by atoms with Crippen LogP contribution in [0.15, 0.2) is 48.5 Å². The van der Waals surface area contributed by atoms with Crippen LogP contribution in [0.2, 0.25) is 0 Å². The van der Waals surface area contributed by atoms with Gasteiger partial charge in [0.1, 0.15) is 5.75 Å². The number of hydrogen-bond donors (Lipinski definition) is 1. The average Bonchev–Trinajstić information content (AvgIpc) is 2.81. The molecule has 7 nitrogen and oxygen atoms in total. The highest BCUT2D eigenvalue weighted by Gasteiger charge is 2.30. The van der Waals surface area contributed by atoms with Crippen molar-refractivity contribution in [3.05, 3.63) is 59.7 Å². The summed E-state index contributed by atoms with van der Waals surface area (Å²) in [5, 5.41) is 2.34. The van der Waals surface area contributed by atoms with E-state index in [1.165, 1.54) is 36.4 Å². The molecule has 1 aliphatic heterocycles. The van der Waals surface area contributed by atoms with Crippen molar-refractivity contribution in [3.8, 4) is 5.75 Å². The third kappa shape index (κ3) is 7.23. The van der Waals surface area contributed by atoms with Crippen LogP contribution in [-0.4, -0.2) is 49.0 Å². The zero-order valence-corrected chi connectivity index (χ0v) is 18.6. The van der Waals surface area contributed by atoms with Gasteiger partial charge in [-0.3, -0.25) is 9.59 Å². The number of ether oxygens (including phenoxy) is 2. The molecule has 1 saturated heterocycles. The van der Waals surface area contributed by atoms with Gasteiger partial charge >= 0.3 is 12.1 Å². The van der Waals surface area contributed by atoms with Crippen LogP contribution in [0, 0.1) is 5.92 Å². The summed E-state index contributed by atoms with van der Waals surface area (Å²) in [5.74, 6) is -0.838. The van der Waals surface area contributed by atoms with Crippen LogP contribution in [0.4, 0.5) is 18.9 Å². The lowest BCUT2D eigenvalue weighted by atomic mass is 10.0. The fourth-order valence-electron chi connectivity index (χ4n) is 3.52. The molecule has 2 amide bonds. The molecule has 1 heterocycles. The molecule has 1 unspecified atom stereocenters. The molecule has 3 rings (SSSR count). The number of hydrogen-bond acceptors (Lipinski definition) is 5. The minimum absolute atomic E-state index is 0.00456. The molecule has 0 bridgehead atoms. The SMILES string of the molecule is CC1CCCN(C(=O)COC(=O)c2ccc(OCC(=O)Nc3cccc(C(F)(F)F)c3)cc2)C1. The molecule has 2 aromatic rings. The summed E-state index contributed by atoms with van der Waals surface area (Å²) < 4.78 is 48.7. The first kappa shape index (κ1) is 25.1. The summed E-state index contributed by atoms with van der Waals surface area (Å²) in [5.41, 5.74) is -0.670. The Morgan fingerprint density at radius 3 is 2.50 bits per heavy atom. The second-order valence-corrected chi connectivity index (χ2v) is 8.10. The van der Waals surface area contributed by atoms with E-state index in [0.29, 0.717) is 19.0 Å². The molecule has 0 saturated carbocycles. The second kappa shape index (κ2) is 11.0. The first-order valence-corrected chi connectivity index (χ1v) is 10.8. The van der Waals surface area contributed by atoms with Gasteiger partial charge in [-0.1, -0.05) is 13.0 Å². The monoisotopic (exact) mass is 478 g/mol. The van der Waals surface area contributed by atoms with Gasteiger partial charge in [-0.2, -0.15) is 13.2 Å². The molecular weight excluding hydrogens is 453 g/mol. The summed E-state index contributed by atoms with van der Waals surface area (Å²) in [6.07, 6.45) is -2.51. The number of benzene rings is 2. The van der Waals surface area contributed by atoms with Crippen LogP contribution >= 0.6 is 0 Å². The molecule has 10 heteroatoms. The summed E-state index contributed by atoms with van der Waals surface area (Å²) in [7, 11) is 0. The quantitative estimate of drug-likeness (QED) is 0.605. The molecule has 1 aliphatic rings. The minimum Gasteiger partial charge on any atom is -0.484 e. The normalized spacial score (nSPS) is 16.0. The van der Waals surface area contributed by atoms with Gasteiger partial charge in [-0.15, -0.1) is 0 Å². The molecular formula is C24H25F3N2O5. The van der Waals surface area contributed by atoms with Crippen molar-refractivity contribution < 1.29 is 37.0 Å². The number of carbonyl (C=O) groups excluding carboxylic acids is 3. The maximum atomic E-state index is 12.8. The number of esters is 1. The Morgan fingerprint density at radius 1 is 1.09 bits per heavy atom. The van der Waals surface area contributed by atoms with Crippen molar-refractivity contribution in [3.63, 3.8) is 0 Å². The first-order chi connectivity index (χ1) is 16.1. The topological polar surface area (TPSA) is 84.9 Å². The lowest BCUT2D eigenvalue weighted by Gasteiger charge is -2.30. The number of alkyl halides is 3. The molecule has 0 aromatic heterocycles. The second-order valence-electron chi connectivity index (χ2n) is 8.10. The summed E-state index contributed by atoms with van der Waals surface area (Å²) >= 11 is 0. The van der Waals surface area contributed by atoms with Gasteiger partial charge in [0.2, 0.25) is 0 Å². The van der Waals surface area contributed by atoms with Crippen LogP contribution in [-0.2, 0) is 20.5 Å². The standard InChI is InChI=1S/C24H25F3N2O5/c1-16-4-3-11-29(13-16)22(31)15-34-23(32)17-7-9-20(10-8-17)33-14-21(30)28-19-6-2-5-18(12-19)24(25,26)27/h2,5-10,12,16H,3-4,11,13-15H2,1H3,(H,28,30). The summed E-state index contributed by atoms with van der Waals surface area (Å²) in [6.45, 7) is 2.62. The predicted octanol–water partition coefficient (Wildman–Crippen LogP) is 4.14. The van der Waals surface area contributed by atoms with Gasteiger partial charge in [0.05, 0.1) is 11.1 Å². The lowest BCUT2D eigenvalue weighted by molar-refractivity contribution is -0.137. The maximum Gasteiger partial charge on any atom is 0.416 e. The Kier molecular flexibility index (Phi) is 8.14. The van der Waals surface area contributed by atoms with Crippen molar-refractivity contribution in [2.24, 2.45) is 5.92 Å². The molecule has 182 valence electrons. The van der Waals surface area contributed by atoms with Crippen molar-refractivity contribution in [2.75, 3.05) is 31.6 Å². The van der Waals surface area contributed by atoms with E-state index in [-0.39, 0.29) is 29.5 Å². The highest BCUT2D eigenvalue weighted by Crippen LogP contribution is 2.30. The van der Waals surface area contributed by atoms with E-state index in [4.69, 9.17) is 9.47 Å². The number of likely N-dealkylation sites (tertiary alicyclic amines) is 1. The number of rotatable bonds is 7. The zero-order valence-electron chi connectivity index (χ0n) is 18.6. The van der Waals surface area contributed by atoms with Crippen molar-refractivity contribution in [1.82, 2.24) is 4.90 Å². The van der Waals surface area contributed by atoms with Gasteiger partial charge in [0.25, 0.3) is 11.8 Å². The Hall–Kier alpha value is -3.56. The maximum absolute atomic E-state index is 12.8. The van der Waals surface area contributed by atoms with Crippen LogP contribution in [0.3, 0.4) is 0 Å². The number of piperidine rings is 1. The number of amides is 2. The molecule has 2 aromatic carbocycles. The van der Waals surface area contributed by atoms with Crippen molar-refractivity contribution >= 4 is 23.5 Å². The summed E-state index contributed by atoms with van der Waals surface area (Å²) in [4.78, 5) is 38.1. The van der Waals surface area contributed by atoms with Crippen molar-refractivity contribution in [1.29, 1.82) is 0 Å². The Labute approximate surface area is 194 Å². The van der Waals surface area contributed by atoms with Gasteiger partial charge in [-0.25, -0.2) is 4.79 Å². The number of halogens is 3. The number of anilines is 1. The molecule has 0 aliphatic carbocycles. The van der Waals surface area contributed by atoms with Crippen LogP contribution in [0.1, 0.15) is 35.7 Å². The van der Waals surface area contributed by atoms with E-state index in [2.05, 4.69) is 12.2 Å². The molecule has 0 radical (unpaired) electrons. The van der Waals surface area contributed by atoms with E-state index in [0.717, 1.165) is 25.0 Å². The van der Waals surface area contributed by atoms with Crippen LogP contribution in [0.25, 0.3) is 0 Å². The molecule has 34 heavy (non-hydrogen) atoms. The first-order valence-electron chi connectivity index (χ1n) is 10.8. The Morgan fingerprint density at radius 2 is 1.82 bits per heavy atom. The van der Waals surface area contributed by atoms with E-state index in [1.54, 1.807) is 4.90 Å². The van der Waals surface area contributed by atoms with E-state index in [1.807, 2.05) is 0 Å².